The Bertz CT molecular complexity index is 1130. The molecule has 9 nitrogen and oxygen atoms in total. The van der Waals surface area contributed by atoms with Crippen molar-refractivity contribution in [1.82, 2.24) is 15.0 Å². The molecule has 12 heteroatoms. The number of ether oxygens (including phenoxy) is 1. The fourth-order valence-corrected chi connectivity index (χ4v) is 5.83. The zero-order chi connectivity index (χ0) is 27.6. The van der Waals surface area contributed by atoms with Gasteiger partial charge < -0.3 is 29.4 Å². The van der Waals surface area contributed by atoms with Crippen molar-refractivity contribution in [1.29, 1.82) is 0 Å². The van der Waals surface area contributed by atoms with E-state index in [1.807, 2.05) is 6.92 Å². The Kier molecular flexibility index (Phi) is 8.20. The van der Waals surface area contributed by atoms with Gasteiger partial charge in [0.25, 0.3) is 0 Å². The van der Waals surface area contributed by atoms with Gasteiger partial charge >= 0.3 is 6.18 Å². The summed E-state index contributed by atoms with van der Waals surface area (Å²) in [6, 6.07) is 3.29. The predicted molar refractivity (Wildman–Crippen MR) is 145 cm³/mol. The van der Waals surface area contributed by atoms with Gasteiger partial charge in [-0.15, -0.1) is 0 Å². The Hall–Kier alpha value is -3.02. The van der Waals surface area contributed by atoms with Crippen molar-refractivity contribution in [2.45, 2.75) is 64.2 Å². The molecule has 5 rings (SSSR count). The number of aliphatic hydroxyl groups excluding tert-OH is 1. The standard InChI is InChI=1S/C27H38F3N7O2/c1-19-7-6-10-37(19)26-32-23(34-8-4-3-5-9-34)16-24(33-26)36-12-11-35(18-20(36)2)25-22(27(28,29)30)15-21(17-31-25)39-14-13-38/h15-17,19-20,38H,3-14,18H2,1-2H3. The van der Waals surface area contributed by atoms with E-state index in [4.69, 9.17) is 19.8 Å². The molecule has 2 unspecified atom stereocenters. The number of hydrogen-bond acceptors (Lipinski definition) is 9. The van der Waals surface area contributed by atoms with Gasteiger partial charge in [-0.05, 0) is 52.0 Å². The van der Waals surface area contributed by atoms with E-state index in [1.165, 1.54) is 12.6 Å². The van der Waals surface area contributed by atoms with Gasteiger partial charge in [0, 0.05) is 57.4 Å². The number of halogens is 3. The number of aliphatic hydroxyl groups is 1. The number of rotatable bonds is 7. The van der Waals surface area contributed by atoms with E-state index in [2.05, 4.69) is 32.7 Å². The average Bonchev–Trinajstić information content (AvgIpc) is 3.37. The molecule has 0 spiro atoms. The number of pyridine rings is 1. The molecule has 0 amide bonds. The molecule has 3 aliphatic heterocycles. The maximum absolute atomic E-state index is 14.0. The Morgan fingerprint density at radius 1 is 0.897 bits per heavy atom. The fraction of sp³-hybridized carbons (Fsp3) is 0.667. The Balaban J connectivity index is 1.40. The van der Waals surface area contributed by atoms with Crippen molar-refractivity contribution >= 4 is 23.4 Å². The summed E-state index contributed by atoms with van der Waals surface area (Å²) in [7, 11) is 0. The second kappa shape index (κ2) is 11.6. The van der Waals surface area contributed by atoms with Crippen LogP contribution in [0.15, 0.2) is 18.3 Å². The smallest absolute Gasteiger partial charge is 0.420 e. The molecule has 0 aliphatic carbocycles. The van der Waals surface area contributed by atoms with Crippen LogP contribution in [0, 0.1) is 0 Å². The summed E-state index contributed by atoms with van der Waals surface area (Å²) in [6.07, 6.45) is 2.44. The molecule has 3 saturated heterocycles. The van der Waals surface area contributed by atoms with Crippen LogP contribution in [0.25, 0.3) is 0 Å². The number of alkyl halides is 3. The summed E-state index contributed by atoms with van der Waals surface area (Å²) in [4.78, 5) is 22.6. The number of hydrogen-bond donors (Lipinski definition) is 1. The highest BCUT2D eigenvalue weighted by molar-refractivity contribution is 5.59. The minimum absolute atomic E-state index is 0.0123. The average molecular weight is 550 g/mol. The van der Waals surface area contributed by atoms with E-state index >= 15 is 0 Å². The second-order valence-corrected chi connectivity index (χ2v) is 10.7. The summed E-state index contributed by atoms with van der Waals surface area (Å²) < 4.78 is 47.1. The normalized spacial score (nSPS) is 22.5. The van der Waals surface area contributed by atoms with Crippen LogP contribution in [0.1, 0.15) is 51.5 Å². The monoisotopic (exact) mass is 549 g/mol. The molecule has 0 saturated carbocycles. The Labute approximate surface area is 227 Å². The molecular weight excluding hydrogens is 511 g/mol. The van der Waals surface area contributed by atoms with E-state index in [-0.39, 0.29) is 30.8 Å². The predicted octanol–water partition coefficient (Wildman–Crippen LogP) is 3.96. The first-order valence-electron chi connectivity index (χ1n) is 14.0. The highest BCUT2D eigenvalue weighted by Gasteiger charge is 2.38. The summed E-state index contributed by atoms with van der Waals surface area (Å²) in [5.74, 6) is 2.38. The van der Waals surface area contributed by atoms with Crippen molar-refractivity contribution in [3.8, 4) is 5.75 Å². The van der Waals surface area contributed by atoms with E-state index < -0.39 is 11.7 Å². The highest BCUT2D eigenvalue weighted by Crippen LogP contribution is 2.38. The third-order valence-electron chi connectivity index (χ3n) is 7.91. The first-order valence-corrected chi connectivity index (χ1v) is 14.0. The number of aromatic nitrogens is 3. The van der Waals surface area contributed by atoms with E-state index in [1.54, 1.807) is 4.90 Å². The summed E-state index contributed by atoms with van der Waals surface area (Å²) in [5, 5.41) is 8.95. The van der Waals surface area contributed by atoms with Gasteiger partial charge in [-0.2, -0.15) is 23.1 Å². The maximum Gasteiger partial charge on any atom is 0.420 e. The topological polar surface area (TPSA) is 81.1 Å². The molecule has 2 aromatic heterocycles. The fourth-order valence-electron chi connectivity index (χ4n) is 5.83. The minimum Gasteiger partial charge on any atom is -0.490 e. The molecule has 1 N–H and O–H groups in total. The van der Waals surface area contributed by atoms with Crippen LogP contribution >= 0.6 is 0 Å². The summed E-state index contributed by atoms with van der Waals surface area (Å²) in [5.41, 5.74) is -0.835. The molecule has 214 valence electrons. The minimum atomic E-state index is -4.58. The second-order valence-electron chi connectivity index (χ2n) is 10.7. The van der Waals surface area contributed by atoms with Crippen molar-refractivity contribution in [2.75, 3.05) is 72.1 Å². The third kappa shape index (κ3) is 6.10. The third-order valence-corrected chi connectivity index (χ3v) is 7.91. The summed E-state index contributed by atoms with van der Waals surface area (Å²) in [6.45, 7) is 7.95. The van der Waals surface area contributed by atoms with Gasteiger partial charge in [0.05, 0.1) is 12.8 Å². The molecule has 2 aromatic rings. The zero-order valence-corrected chi connectivity index (χ0v) is 22.7. The van der Waals surface area contributed by atoms with Crippen LogP contribution in [0.3, 0.4) is 0 Å². The lowest BCUT2D eigenvalue weighted by atomic mass is 10.1. The van der Waals surface area contributed by atoms with Crippen LogP contribution in [0.5, 0.6) is 5.75 Å². The molecule has 0 radical (unpaired) electrons. The molecule has 0 aromatic carbocycles. The number of piperazine rings is 1. The molecule has 0 bridgehead atoms. The van der Waals surface area contributed by atoms with Gasteiger partial charge in [-0.3, -0.25) is 0 Å². The Morgan fingerprint density at radius 3 is 2.33 bits per heavy atom. The van der Waals surface area contributed by atoms with Crippen LogP contribution in [0.4, 0.5) is 36.6 Å². The highest BCUT2D eigenvalue weighted by atomic mass is 19.4. The van der Waals surface area contributed by atoms with Crippen LogP contribution < -0.4 is 24.3 Å². The molecule has 5 heterocycles. The lowest BCUT2D eigenvalue weighted by molar-refractivity contribution is -0.137. The van der Waals surface area contributed by atoms with Crippen molar-refractivity contribution < 1.29 is 23.0 Å². The number of nitrogens with zero attached hydrogens (tertiary/aromatic N) is 7. The van der Waals surface area contributed by atoms with E-state index in [0.717, 1.165) is 69.0 Å². The lowest BCUT2D eigenvalue weighted by Gasteiger charge is -2.42. The van der Waals surface area contributed by atoms with E-state index in [9.17, 15) is 13.2 Å². The van der Waals surface area contributed by atoms with Crippen LogP contribution in [0.2, 0.25) is 0 Å². The largest absolute Gasteiger partial charge is 0.490 e. The SMILES string of the molecule is CC1CN(c2ncc(OCCO)cc2C(F)(F)F)CCN1c1cc(N2CCCCC2)nc(N2CCCC2C)n1. The maximum atomic E-state index is 14.0. The summed E-state index contributed by atoms with van der Waals surface area (Å²) >= 11 is 0. The van der Waals surface area contributed by atoms with E-state index in [0.29, 0.717) is 25.7 Å². The van der Waals surface area contributed by atoms with Crippen LogP contribution in [-0.2, 0) is 6.18 Å². The Morgan fingerprint density at radius 2 is 1.67 bits per heavy atom. The van der Waals surface area contributed by atoms with Crippen molar-refractivity contribution in [2.24, 2.45) is 0 Å². The van der Waals surface area contributed by atoms with Gasteiger partial charge in [-0.25, -0.2) is 4.98 Å². The van der Waals surface area contributed by atoms with Gasteiger partial charge in [0.1, 0.15) is 35.4 Å². The molecular formula is C27H38F3N7O2. The van der Waals surface area contributed by atoms with Gasteiger partial charge in [0.2, 0.25) is 5.95 Å². The zero-order valence-electron chi connectivity index (χ0n) is 22.7. The number of anilines is 4. The molecule has 3 aliphatic rings. The van der Waals surface area contributed by atoms with Gasteiger partial charge in [0.15, 0.2) is 0 Å². The molecule has 2 atom stereocenters. The van der Waals surface area contributed by atoms with Gasteiger partial charge in [-0.1, -0.05) is 0 Å². The number of piperidine rings is 1. The van der Waals surface area contributed by atoms with Crippen molar-refractivity contribution in [3.05, 3.63) is 23.9 Å². The molecule has 3 fully saturated rings. The lowest BCUT2D eigenvalue weighted by Crippen LogP contribution is -2.53. The first kappa shape index (κ1) is 27.5. The first-order chi connectivity index (χ1) is 18.7. The molecule has 39 heavy (non-hydrogen) atoms. The van der Waals surface area contributed by atoms with Crippen LogP contribution in [-0.4, -0.2) is 84.6 Å². The quantitative estimate of drug-likeness (QED) is 0.552. The van der Waals surface area contributed by atoms with Crippen molar-refractivity contribution in [3.63, 3.8) is 0 Å².